The minimum Gasteiger partial charge on any atom is -0.0802 e. The largest absolute Gasteiger partial charge is 0.0802 e. The molecule has 0 heterocycles. The monoisotopic (exact) mass is 558 g/mol. The van der Waals surface area contributed by atoms with Crippen LogP contribution < -0.4 is 0 Å². The van der Waals surface area contributed by atoms with E-state index in [2.05, 4.69) is 113 Å². The number of rotatable bonds is 2. The average Bonchev–Trinajstić information content (AvgIpc) is 2.52. The molecule has 0 radical (unpaired) electrons. The summed E-state index contributed by atoms with van der Waals surface area (Å²) in [7, 11) is 0. The van der Waals surface area contributed by atoms with Crippen molar-refractivity contribution in [2.24, 2.45) is 5.92 Å². The van der Waals surface area contributed by atoms with Crippen molar-refractivity contribution in [3.8, 4) is 11.1 Å². The summed E-state index contributed by atoms with van der Waals surface area (Å²) >= 11 is 14.9. The predicted molar refractivity (Wildman–Crippen MR) is 114 cm³/mol. The zero-order valence-corrected chi connectivity index (χ0v) is 18.8. The molecule has 3 rings (SSSR count). The van der Waals surface area contributed by atoms with Crippen LogP contribution >= 0.6 is 63.7 Å². The molecule has 4 heteroatoms. The number of hydrogen-bond donors (Lipinski definition) is 0. The van der Waals surface area contributed by atoms with E-state index in [1.165, 1.54) is 22.3 Å². The van der Waals surface area contributed by atoms with Crippen molar-refractivity contribution in [2.45, 2.75) is 13.3 Å². The van der Waals surface area contributed by atoms with Crippen molar-refractivity contribution >= 4 is 69.3 Å². The molecule has 0 aromatic heterocycles. The van der Waals surface area contributed by atoms with Gasteiger partial charge in [-0.1, -0.05) is 101 Å². The summed E-state index contributed by atoms with van der Waals surface area (Å²) in [6.07, 6.45) is 5.44. The number of allylic oxidation sites excluding steroid dienone is 4. The fourth-order valence-electron chi connectivity index (χ4n) is 2.74. The summed E-state index contributed by atoms with van der Waals surface area (Å²) in [6, 6.07) is 12.7. The maximum Gasteiger partial charge on any atom is 0.0260 e. The van der Waals surface area contributed by atoms with Crippen LogP contribution in [-0.2, 0) is 0 Å². The van der Waals surface area contributed by atoms with Gasteiger partial charge >= 0.3 is 0 Å². The first-order chi connectivity index (χ1) is 11.0. The zero-order chi connectivity index (χ0) is 16.6. The van der Waals surface area contributed by atoms with Gasteiger partial charge in [-0.25, -0.2) is 0 Å². The Morgan fingerprint density at radius 3 is 2.22 bits per heavy atom. The predicted octanol–water partition coefficient (Wildman–Crippen LogP) is 8.34. The number of halogens is 4. The van der Waals surface area contributed by atoms with Crippen LogP contribution in [0.1, 0.15) is 18.9 Å². The Hall–Kier alpha value is -0.160. The number of benzene rings is 2. The molecule has 1 aliphatic rings. The Morgan fingerprint density at radius 1 is 0.826 bits per heavy atom. The molecule has 23 heavy (non-hydrogen) atoms. The zero-order valence-electron chi connectivity index (χ0n) is 12.4. The van der Waals surface area contributed by atoms with E-state index in [9.17, 15) is 0 Å². The lowest BCUT2D eigenvalue weighted by molar-refractivity contribution is 0.748. The fraction of sp³-hybridized carbons (Fsp3) is 0.158. The molecule has 1 aliphatic carbocycles. The molecule has 2 aromatic carbocycles. The fourth-order valence-corrected chi connectivity index (χ4v) is 4.91. The highest BCUT2D eigenvalue weighted by Crippen LogP contribution is 2.42. The number of hydrogen-bond acceptors (Lipinski definition) is 0. The van der Waals surface area contributed by atoms with Gasteiger partial charge in [0, 0.05) is 17.9 Å². The molecule has 0 fully saturated rings. The third-order valence-corrected chi connectivity index (χ3v) is 6.68. The van der Waals surface area contributed by atoms with Gasteiger partial charge in [-0.3, -0.25) is 0 Å². The van der Waals surface area contributed by atoms with Gasteiger partial charge in [0.25, 0.3) is 0 Å². The van der Waals surface area contributed by atoms with Gasteiger partial charge in [-0.05, 0) is 52.8 Å². The highest BCUT2D eigenvalue weighted by atomic mass is 79.9. The van der Waals surface area contributed by atoms with E-state index in [1.54, 1.807) is 0 Å². The van der Waals surface area contributed by atoms with Crippen LogP contribution in [0.4, 0.5) is 0 Å². The Balaban J connectivity index is 2.12. The second kappa shape index (κ2) is 7.38. The molecule has 0 saturated heterocycles. The Kier molecular flexibility index (Phi) is 5.67. The maximum absolute atomic E-state index is 3.77. The van der Waals surface area contributed by atoms with Gasteiger partial charge in [0.2, 0.25) is 0 Å². The van der Waals surface area contributed by atoms with Crippen LogP contribution in [0.2, 0.25) is 0 Å². The summed E-state index contributed by atoms with van der Waals surface area (Å²) in [5.74, 6) is 0.555. The van der Waals surface area contributed by atoms with Gasteiger partial charge in [0.1, 0.15) is 0 Å². The highest BCUT2D eigenvalue weighted by Gasteiger charge is 2.18. The van der Waals surface area contributed by atoms with Crippen LogP contribution in [0.3, 0.4) is 0 Å². The molecule has 0 spiro atoms. The Morgan fingerprint density at radius 2 is 1.48 bits per heavy atom. The smallest absolute Gasteiger partial charge is 0.0260 e. The normalized spacial score (nSPS) is 17.7. The molecule has 0 nitrogen and oxygen atoms in total. The van der Waals surface area contributed by atoms with Gasteiger partial charge in [-0.2, -0.15) is 0 Å². The minimum absolute atomic E-state index is 0.555. The highest BCUT2D eigenvalue weighted by molar-refractivity contribution is 9.12. The molecule has 2 aromatic rings. The molecule has 0 amide bonds. The summed E-state index contributed by atoms with van der Waals surface area (Å²) in [5.41, 5.74) is 4.92. The Labute approximate surface area is 170 Å². The summed E-state index contributed by atoms with van der Waals surface area (Å²) < 4.78 is 4.46. The molecule has 1 unspecified atom stereocenters. The van der Waals surface area contributed by atoms with Crippen LogP contribution in [0.15, 0.2) is 66.5 Å². The average molecular weight is 562 g/mol. The van der Waals surface area contributed by atoms with Gasteiger partial charge in [0.05, 0.1) is 0 Å². The van der Waals surface area contributed by atoms with Crippen molar-refractivity contribution < 1.29 is 0 Å². The first-order valence-electron chi connectivity index (χ1n) is 7.28. The molecule has 0 saturated carbocycles. The van der Waals surface area contributed by atoms with E-state index in [-0.39, 0.29) is 0 Å². The van der Waals surface area contributed by atoms with Crippen LogP contribution in [-0.4, -0.2) is 0 Å². The lowest BCUT2D eigenvalue weighted by atomic mass is 9.90. The van der Waals surface area contributed by atoms with Gasteiger partial charge < -0.3 is 0 Å². The van der Waals surface area contributed by atoms with Crippen LogP contribution in [0.5, 0.6) is 0 Å². The molecule has 118 valence electrons. The van der Waals surface area contributed by atoms with Crippen molar-refractivity contribution in [1.82, 2.24) is 0 Å². The topological polar surface area (TPSA) is 0 Å². The first-order valence-corrected chi connectivity index (χ1v) is 10.5. The quantitative estimate of drug-likeness (QED) is 0.346. The van der Waals surface area contributed by atoms with Crippen molar-refractivity contribution in [3.05, 3.63) is 72.0 Å². The van der Waals surface area contributed by atoms with E-state index in [1.807, 2.05) is 6.07 Å². The molecule has 1 atom stereocenters. The van der Waals surface area contributed by atoms with Crippen LogP contribution in [0.25, 0.3) is 16.7 Å². The molecule has 0 aliphatic heterocycles. The van der Waals surface area contributed by atoms with E-state index in [0.29, 0.717) is 5.92 Å². The van der Waals surface area contributed by atoms with E-state index in [4.69, 9.17) is 0 Å². The second-order valence-corrected chi connectivity index (χ2v) is 9.08. The third-order valence-electron chi connectivity index (χ3n) is 3.93. The maximum atomic E-state index is 3.77. The third kappa shape index (κ3) is 3.76. The SMILES string of the molecule is CC1C=CC(Br)=C(c2cc(Br)c(-c3ccccc3Br)cc2Br)C1. The van der Waals surface area contributed by atoms with Crippen molar-refractivity contribution in [3.63, 3.8) is 0 Å². The lowest BCUT2D eigenvalue weighted by Gasteiger charge is -2.20. The van der Waals surface area contributed by atoms with Gasteiger partial charge in [0.15, 0.2) is 0 Å². The summed E-state index contributed by atoms with van der Waals surface area (Å²) in [5, 5.41) is 0. The van der Waals surface area contributed by atoms with E-state index >= 15 is 0 Å². The molecular weight excluding hydrogens is 548 g/mol. The van der Waals surface area contributed by atoms with E-state index in [0.717, 1.165) is 24.3 Å². The minimum atomic E-state index is 0.555. The standard InChI is InChI=1S/C19H14Br4/c1-11-6-7-17(21)13(8-11)15-10-18(22)14(9-19(15)23)12-4-2-3-5-16(12)20/h2-7,9-11H,8H2,1H3. The summed E-state index contributed by atoms with van der Waals surface area (Å²) in [4.78, 5) is 0. The van der Waals surface area contributed by atoms with Crippen molar-refractivity contribution in [1.29, 1.82) is 0 Å². The first kappa shape index (κ1) is 17.7. The van der Waals surface area contributed by atoms with Crippen LogP contribution in [0, 0.1) is 5.92 Å². The summed E-state index contributed by atoms with van der Waals surface area (Å²) in [6.45, 7) is 2.24. The molecular formula is C19H14Br4. The van der Waals surface area contributed by atoms with Gasteiger partial charge in [-0.15, -0.1) is 0 Å². The molecule has 0 bridgehead atoms. The second-order valence-electron chi connectivity index (χ2n) is 5.66. The lowest BCUT2D eigenvalue weighted by Crippen LogP contribution is -2.00. The Bertz CT molecular complexity index is 818. The van der Waals surface area contributed by atoms with Crippen molar-refractivity contribution in [2.75, 3.05) is 0 Å². The van der Waals surface area contributed by atoms with E-state index < -0.39 is 0 Å². The molecule has 0 N–H and O–H groups in total.